The highest BCUT2D eigenvalue weighted by molar-refractivity contribution is 6.26. The van der Waals surface area contributed by atoms with Crippen LogP contribution in [0.1, 0.15) is 61.4 Å². The van der Waals surface area contributed by atoms with E-state index in [9.17, 15) is 18.8 Å². The fourth-order valence-electron chi connectivity index (χ4n) is 5.61. The Morgan fingerprint density at radius 3 is 2.43 bits per heavy atom. The number of hydrogen-bond donors (Lipinski definition) is 1. The van der Waals surface area contributed by atoms with E-state index in [1.54, 1.807) is 23.1 Å². The summed E-state index contributed by atoms with van der Waals surface area (Å²) in [5.74, 6) is -1.09. The van der Waals surface area contributed by atoms with Crippen molar-refractivity contribution in [3.63, 3.8) is 0 Å². The molecule has 2 aliphatic rings. The molecule has 1 aliphatic carbocycles. The molecule has 0 spiro atoms. The van der Waals surface area contributed by atoms with Gasteiger partial charge in [0.25, 0.3) is 5.91 Å². The van der Waals surface area contributed by atoms with Gasteiger partial charge in [0.15, 0.2) is 0 Å². The van der Waals surface area contributed by atoms with Crippen molar-refractivity contribution in [2.75, 3.05) is 11.4 Å². The van der Waals surface area contributed by atoms with Gasteiger partial charge in [0, 0.05) is 23.5 Å². The molecule has 3 aromatic carbocycles. The zero-order chi connectivity index (χ0) is 25.9. The van der Waals surface area contributed by atoms with Gasteiger partial charge in [-0.05, 0) is 54.5 Å². The van der Waals surface area contributed by atoms with E-state index in [1.165, 1.54) is 23.5 Å². The van der Waals surface area contributed by atoms with Gasteiger partial charge in [-0.2, -0.15) is 0 Å². The summed E-state index contributed by atoms with van der Waals surface area (Å²) >= 11 is 0. The lowest BCUT2D eigenvalue weighted by molar-refractivity contribution is -0.140. The predicted octanol–water partition coefficient (Wildman–Crippen LogP) is 5.20. The van der Waals surface area contributed by atoms with Crippen molar-refractivity contribution in [1.29, 1.82) is 0 Å². The first-order valence-electron chi connectivity index (χ1n) is 13.1. The monoisotopic (exact) mass is 501 g/mol. The molecule has 192 valence electrons. The minimum absolute atomic E-state index is 0.116. The minimum atomic E-state index is -0.699. The van der Waals surface area contributed by atoms with Gasteiger partial charge in [-0.3, -0.25) is 19.3 Å². The first-order chi connectivity index (χ1) is 18.0. The SMILES string of the molecule is CCC(C(=O)NC1CCCCC1)N(Cc1ccc(F)cc1)C(=O)CN1C(=O)c2cccc3cccc1c23. The van der Waals surface area contributed by atoms with E-state index in [1.807, 2.05) is 37.3 Å². The maximum Gasteiger partial charge on any atom is 0.259 e. The summed E-state index contributed by atoms with van der Waals surface area (Å²) in [5, 5.41) is 4.95. The second kappa shape index (κ2) is 10.7. The van der Waals surface area contributed by atoms with Gasteiger partial charge in [0.1, 0.15) is 18.4 Å². The third-order valence-corrected chi connectivity index (χ3v) is 7.55. The highest BCUT2D eigenvalue weighted by atomic mass is 19.1. The number of rotatable bonds is 8. The van der Waals surface area contributed by atoms with Crippen LogP contribution in [0.4, 0.5) is 10.1 Å². The molecule has 6 nitrogen and oxygen atoms in total. The van der Waals surface area contributed by atoms with E-state index >= 15 is 0 Å². The van der Waals surface area contributed by atoms with Gasteiger partial charge in [0.05, 0.1) is 5.69 Å². The van der Waals surface area contributed by atoms with E-state index in [0.29, 0.717) is 17.7 Å². The number of carbonyl (C=O) groups is 3. The average molecular weight is 502 g/mol. The first-order valence-corrected chi connectivity index (χ1v) is 13.1. The summed E-state index contributed by atoms with van der Waals surface area (Å²) in [6.07, 6.45) is 5.66. The van der Waals surface area contributed by atoms with Crippen LogP contribution in [0.3, 0.4) is 0 Å². The molecule has 0 aromatic heterocycles. The standard InChI is InChI=1S/C30H32FN3O3/c1-2-25(29(36)32-23-10-4-3-5-11-23)33(18-20-14-16-22(31)17-15-20)27(35)19-34-26-13-7-9-21-8-6-12-24(28(21)26)30(34)37/h6-9,12-17,23,25H,2-5,10-11,18-19H2,1H3,(H,32,36). The van der Waals surface area contributed by atoms with Crippen LogP contribution in [0.5, 0.6) is 0 Å². The first kappa shape index (κ1) is 24.9. The van der Waals surface area contributed by atoms with Crippen molar-refractivity contribution in [1.82, 2.24) is 10.2 Å². The van der Waals surface area contributed by atoms with Crippen LogP contribution in [0.25, 0.3) is 10.8 Å². The van der Waals surface area contributed by atoms with E-state index in [0.717, 1.165) is 42.0 Å². The number of nitrogens with zero attached hydrogens (tertiary/aromatic N) is 2. The summed E-state index contributed by atoms with van der Waals surface area (Å²) in [5.41, 5.74) is 2.00. The molecule has 1 unspecified atom stereocenters. The maximum absolute atomic E-state index is 13.9. The highest BCUT2D eigenvalue weighted by Crippen LogP contribution is 2.37. The molecule has 1 heterocycles. The molecular weight excluding hydrogens is 469 g/mol. The fourth-order valence-corrected chi connectivity index (χ4v) is 5.61. The molecular formula is C30H32FN3O3. The number of amides is 3. The third kappa shape index (κ3) is 5.08. The van der Waals surface area contributed by atoms with Gasteiger partial charge < -0.3 is 10.2 Å². The van der Waals surface area contributed by atoms with Crippen LogP contribution in [0, 0.1) is 5.82 Å². The largest absolute Gasteiger partial charge is 0.352 e. The predicted molar refractivity (Wildman–Crippen MR) is 142 cm³/mol. The molecule has 0 radical (unpaired) electrons. The van der Waals surface area contributed by atoms with Gasteiger partial charge in [-0.15, -0.1) is 0 Å². The molecule has 0 saturated heterocycles. The molecule has 1 aliphatic heterocycles. The molecule has 1 fully saturated rings. The van der Waals surface area contributed by atoms with Crippen molar-refractivity contribution in [2.24, 2.45) is 0 Å². The lowest BCUT2D eigenvalue weighted by Gasteiger charge is -2.33. The molecule has 1 saturated carbocycles. The van der Waals surface area contributed by atoms with E-state index in [4.69, 9.17) is 0 Å². The van der Waals surface area contributed by atoms with Crippen LogP contribution in [-0.4, -0.2) is 41.2 Å². The van der Waals surface area contributed by atoms with Crippen LogP contribution in [0.2, 0.25) is 0 Å². The lowest BCUT2D eigenvalue weighted by Crippen LogP contribution is -2.53. The lowest BCUT2D eigenvalue weighted by atomic mass is 9.95. The molecule has 3 amide bonds. The van der Waals surface area contributed by atoms with Gasteiger partial charge in [0.2, 0.25) is 11.8 Å². The quantitative estimate of drug-likeness (QED) is 0.462. The second-order valence-electron chi connectivity index (χ2n) is 9.99. The summed E-state index contributed by atoms with van der Waals surface area (Å²) in [4.78, 5) is 43.6. The molecule has 7 heteroatoms. The van der Waals surface area contributed by atoms with Crippen LogP contribution < -0.4 is 10.2 Å². The Labute approximate surface area is 216 Å². The molecule has 3 aromatic rings. The molecule has 37 heavy (non-hydrogen) atoms. The average Bonchev–Trinajstić information content (AvgIpc) is 3.18. The number of hydrogen-bond acceptors (Lipinski definition) is 3. The zero-order valence-corrected chi connectivity index (χ0v) is 21.1. The molecule has 0 bridgehead atoms. The second-order valence-corrected chi connectivity index (χ2v) is 9.99. The van der Waals surface area contributed by atoms with Crippen molar-refractivity contribution in [3.8, 4) is 0 Å². The van der Waals surface area contributed by atoms with Gasteiger partial charge >= 0.3 is 0 Å². The van der Waals surface area contributed by atoms with E-state index in [2.05, 4.69) is 5.32 Å². The summed E-state index contributed by atoms with van der Waals surface area (Å²) < 4.78 is 13.6. The number of carbonyl (C=O) groups excluding carboxylic acids is 3. The van der Waals surface area contributed by atoms with Crippen LogP contribution >= 0.6 is 0 Å². The Hall–Kier alpha value is -3.74. The molecule has 1 N–H and O–H groups in total. The van der Waals surface area contributed by atoms with E-state index < -0.39 is 6.04 Å². The number of nitrogens with one attached hydrogen (secondary N) is 1. The molecule has 5 rings (SSSR count). The molecule has 1 atom stereocenters. The Balaban J connectivity index is 1.42. The van der Waals surface area contributed by atoms with Crippen molar-refractivity contribution >= 4 is 34.2 Å². The maximum atomic E-state index is 13.9. The number of halogens is 1. The van der Waals surface area contributed by atoms with Crippen LogP contribution in [-0.2, 0) is 16.1 Å². The smallest absolute Gasteiger partial charge is 0.259 e. The number of anilines is 1. The van der Waals surface area contributed by atoms with Crippen molar-refractivity contribution in [2.45, 2.75) is 64.1 Å². The third-order valence-electron chi connectivity index (χ3n) is 7.55. The Kier molecular flexibility index (Phi) is 7.22. The fraction of sp³-hybridized carbons (Fsp3) is 0.367. The van der Waals surface area contributed by atoms with E-state index in [-0.39, 0.29) is 42.7 Å². The van der Waals surface area contributed by atoms with Crippen molar-refractivity contribution in [3.05, 3.63) is 77.6 Å². The summed E-state index contributed by atoms with van der Waals surface area (Å²) in [7, 11) is 0. The van der Waals surface area contributed by atoms with Crippen molar-refractivity contribution < 1.29 is 18.8 Å². The minimum Gasteiger partial charge on any atom is -0.352 e. The normalized spacial score (nSPS) is 16.2. The Morgan fingerprint density at radius 2 is 1.73 bits per heavy atom. The zero-order valence-electron chi connectivity index (χ0n) is 21.1. The van der Waals surface area contributed by atoms with Gasteiger partial charge in [-0.25, -0.2) is 4.39 Å². The Morgan fingerprint density at radius 1 is 1.03 bits per heavy atom. The van der Waals surface area contributed by atoms with Gasteiger partial charge in [-0.1, -0.05) is 62.6 Å². The number of benzene rings is 3. The topological polar surface area (TPSA) is 69.7 Å². The van der Waals surface area contributed by atoms with Crippen LogP contribution in [0.15, 0.2) is 60.7 Å². The summed E-state index contributed by atoms with van der Waals surface area (Å²) in [6, 6.07) is 16.6. The summed E-state index contributed by atoms with van der Waals surface area (Å²) in [6.45, 7) is 1.85. The highest BCUT2D eigenvalue weighted by Gasteiger charge is 2.35. The Bertz CT molecular complexity index is 1310.